The van der Waals surface area contributed by atoms with Gasteiger partial charge in [0, 0.05) is 16.5 Å². The van der Waals surface area contributed by atoms with E-state index in [2.05, 4.69) is 4.99 Å². The van der Waals surface area contributed by atoms with E-state index in [-0.39, 0.29) is 12.2 Å². The van der Waals surface area contributed by atoms with Gasteiger partial charge < -0.3 is 13.9 Å². The normalized spacial score (nSPS) is 15.3. The number of furan rings is 1. The van der Waals surface area contributed by atoms with E-state index in [0.29, 0.717) is 37.7 Å². The lowest BCUT2D eigenvalue weighted by atomic mass is 10.0. The number of carbonyl (C=O) groups is 2. The van der Waals surface area contributed by atoms with Crippen molar-refractivity contribution in [2.75, 3.05) is 13.7 Å². The summed E-state index contributed by atoms with van der Waals surface area (Å²) >= 11 is 2.70. The van der Waals surface area contributed by atoms with E-state index in [1.807, 2.05) is 17.5 Å². The minimum absolute atomic E-state index is 0.226. The molecule has 0 radical (unpaired) electrons. The van der Waals surface area contributed by atoms with Gasteiger partial charge in [0.1, 0.15) is 17.6 Å². The standard InChI is InChI=1S/C27H22N2O6S2/c1-4-34-26(32)22-15(2)28-27-29(23(22)20-6-5-13-36-20)24(30)21(37-27)14-18-11-12-19(35-18)16-7-9-17(10-8-16)25(31)33-3/h5-14,23H,4H2,1-3H3/b21-14+. The lowest BCUT2D eigenvalue weighted by Crippen LogP contribution is -2.39. The van der Waals surface area contributed by atoms with E-state index in [0.717, 1.165) is 10.4 Å². The fourth-order valence-corrected chi connectivity index (χ4v) is 5.96. The van der Waals surface area contributed by atoms with Gasteiger partial charge in [-0.1, -0.05) is 29.5 Å². The van der Waals surface area contributed by atoms with Crippen LogP contribution in [0.5, 0.6) is 0 Å². The molecule has 188 valence electrons. The van der Waals surface area contributed by atoms with Crippen molar-refractivity contribution in [1.82, 2.24) is 4.57 Å². The molecular weight excluding hydrogens is 512 g/mol. The van der Waals surface area contributed by atoms with E-state index < -0.39 is 18.0 Å². The van der Waals surface area contributed by atoms with Crippen molar-refractivity contribution in [3.8, 4) is 11.3 Å². The van der Waals surface area contributed by atoms with Crippen LogP contribution in [0.4, 0.5) is 0 Å². The molecule has 0 saturated carbocycles. The van der Waals surface area contributed by atoms with Crippen LogP contribution in [0.1, 0.15) is 40.9 Å². The SMILES string of the molecule is CCOC(=O)C1=C(C)N=c2s/c(=C/c3ccc(-c4ccc(C(=O)OC)cc4)o3)c(=O)n2C1c1cccs1. The number of allylic oxidation sites excluding steroid dienone is 1. The molecule has 10 heteroatoms. The predicted octanol–water partition coefficient (Wildman–Crippen LogP) is 3.91. The Kier molecular flexibility index (Phi) is 6.77. The molecule has 0 N–H and O–H groups in total. The molecule has 0 aliphatic carbocycles. The highest BCUT2D eigenvalue weighted by molar-refractivity contribution is 7.10. The topological polar surface area (TPSA) is 100 Å². The Labute approximate surface area is 219 Å². The molecule has 1 aliphatic rings. The average molecular weight is 535 g/mol. The molecular formula is C27H22N2O6S2. The van der Waals surface area contributed by atoms with Gasteiger partial charge in [-0.3, -0.25) is 9.36 Å². The molecule has 1 aliphatic heterocycles. The average Bonchev–Trinajstić information content (AvgIpc) is 3.65. The second-order valence-corrected chi connectivity index (χ2v) is 10.1. The highest BCUT2D eigenvalue weighted by Crippen LogP contribution is 2.33. The van der Waals surface area contributed by atoms with E-state index in [4.69, 9.17) is 13.9 Å². The van der Waals surface area contributed by atoms with Gasteiger partial charge in [0.25, 0.3) is 5.56 Å². The number of carbonyl (C=O) groups excluding carboxylic acids is 2. The Bertz CT molecular complexity index is 1690. The number of hydrogen-bond donors (Lipinski definition) is 0. The quantitative estimate of drug-likeness (QED) is 0.348. The largest absolute Gasteiger partial charge is 0.465 e. The van der Waals surface area contributed by atoms with Gasteiger partial charge in [-0.05, 0) is 49.6 Å². The van der Waals surface area contributed by atoms with Crippen molar-refractivity contribution in [3.05, 3.63) is 101 Å². The number of nitrogens with zero attached hydrogens (tertiary/aromatic N) is 2. The third-order valence-electron chi connectivity index (χ3n) is 5.82. The number of hydrogen-bond acceptors (Lipinski definition) is 9. The van der Waals surface area contributed by atoms with Crippen LogP contribution in [0.15, 0.2) is 79.4 Å². The van der Waals surface area contributed by atoms with Gasteiger partial charge in [0.15, 0.2) is 4.80 Å². The lowest BCUT2D eigenvalue weighted by molar-refractivity contribution is -0.139. The number of thiazole rings is 1. The molecule has 37 heavy (non-hydrogen) atoms. The summed E-state index contributed by atoms with van der Waals surface area (Å²) in [5.74, 6) is 0.188. The number of esters is 2. The van der Waals surface area contributed by atoms with Crippen LogP contribution in [0.3, 0.4) is 0 Å². The summed E-state index contributed by atoms with van der Waals surface area (Å²) in [7, 11) is 1.33. The van der Waals surface area contributed by atoms with Crippen molar-refractivity contribution in [2.24, 2.45) is 4.99 Å². The van der Waals surface area contributed by atoms with E-state index in [1.54, 1.807) is 60.9 Å². The summed E-state index contributed by atoms with van der Waals surface area (Å²) in [6.45, 7) is 3.73. The molecule has 8 nitrogen and oxygen atoms in total. The molecule has 0 bridgehead atoms. The maximum absolute atomic E-state index is 13.6. The summed E-state index contributed by atoms with van der Waals surface area (Å²) in [5, 5.41) is 1.91. The van der Waals surface area contributed by atoms with Crippen LogP contribution >= 0.6 is 22.7 Å². The summed E-state index contributed by atoms with van der Waals surface area (Å²) in [6.07, 6.45) is 1.67. The number of thiophene rings is 1. The third-order valence-corrected chi connectivity index (χ3v) is 7.73. The molecule has 0 saturated heterocycles. The zero-order chi connectivity index (χ0) is 26.1. The van der Waals surface area contributed by atoms with Crippen molar-refractivity contribution in [1.29, 1.82) is 0 Å². The summed E-state index contributed by atoms with van der Waals surface area (Å²) in [6, 6.07) is 13.6. The van der Waals surface area contributed by atoms with Gasteiger partial charge in [-0.25, -0.2) is 14.6 Å². The highest BCUT2D eigenvalue weighted by Gasteiger charge is 2.33. The van der Waals surface area contributed by atoms with Gasteiger partial charge in [-0.15, -0.1) is 11.3 Å². The van der Waals surface area contributed by atoms with Crippen molar-refractivity contribution < 1.29 is 23.5 Å². The molecule has 1 aromatic carbocycles. The second kappa shape index (κ2) is 10.2. The van der Waals surface area contributed by atoms with Gasteiger partial charge >= 0.3 is 11.9 Å². The lowest BCUT2D eigenvalue weighted by Gasteiger charge is -2.23. The van der Waals surface area contributed by atoms with Crippen LogP contribution in [-0.4, -0.2) is 30.2 Å². The predicted molar refractivity (Wildman–Crippen MR) is 140 cm³/mol. The highest BCUT2D eigenvalue weighted by atomic mass is 32.1. The summed E-state index contributed by atoms with van der Waals surface area (Å²) in [4.78, 5) is 44.0. The number of benzene rings is 1. The van der Waals surface area contributed by atoms with Crippen LogP contribution < -0.4 is 14.9 Å². The monoisotopic (exact) mass is 534 g/mol. The van der Waals surface area contributed by atoms with Crippen molar-refractivity contribution in [3.63, 3.8) is 0 Å². The van der Waals surface area contributed by atoms with Gasteiger partial charge in [0.2, 0.25) is 0 Å². The first-order valence-corrected chi connectivity index (χ1v) is 13.1. The summed E-state index contributed by atoms with van der Waals surface area (Å²) < 4.78 is 18.0. The van der Waals surface area contributed by atoms with E-state index in [9.17, 15) is 14.4 Å². The molecule has 4 aromatic rings. The number of rotatable bonds is 6. The minimum atomic E-state index is -0.613. The maximum atomic E-state index is 13.6. The first-order valence-electron chi connectivity index (χ1n) is 11.4. The Morgan fingerprint density at radius 1 is 1.14 bits per heavy atom. The molecule has 1 unspecified atom stereocenters. The van der Waals surface area contributed by atoms with Crippen LogP contribution in [0, 0.1) is 0 Å². The number of fused-ring (bicyclic) bond motifs is 1. The van der Waals surface area contributed by atoms with Gasteiger partial charge in [-0.2, -0.15) is 0 Å². The molecule has 5 rings (SSSR count). The minimum Gasteiger partial charge on any atom is -0.465 e. The molecule has 0 spiro atoms. The second-order valence-electron chi connectivity index (χ2n) is 8.09. The number of ether oxygens (including phenoxy) is 2. The molecule has 0 fully saturated rings. The molecule has 0 amide bonds. The zero-order valence-electron chi connectivity index (χ0n) is 20.2. The van der Waals surface area contributed by atoms with Crippen LogP contribution in [0.25, 0.3) is 17.4 Å². The Morgan fingerprint density at radius 3 is 2.59 bits per heavy atom. The zero-order valence-corrected chi connectivity index (χ0v) is 21.9. The third kappa shape index (κ3) is 4.61. The summed E-state index contributed by atoms with van der Waals surface area (Å²) in [5.41, 5.74) is 1.84. The van der Waals surface area contributed by atoms with Crippen LogP contribution in [-0.2, 0) is 14.3 Å². The molecule has 3 aromatic heterocycles. The Morgan fingerprint density at radius 2 is 1.92 bits per heavy atom. The smallest absolute Gasteiger partial charge is 0.338 e. The van der Waals surface area contributed by atoms with E-state index >= 15 is 0 Å². The van der Waals surface area contributed by atoms with E-state index in [1.165, 1.54) is 29.8 Å². The Hall–Kier alpha value is -4.02. The van der Waals surface area contributed by atoms with Crippen molar-refractivity contribution in [2.45, 2.75) is 19.9 Å². The Balaban J connectivity index is 1.55. The number of aromatic nitrogens is 1. The van der Waals surface area contributed by atoms with Gasteiger partial charge in [0.05, 0.1) is 35.1 Å². The molecule has 4 heterocycles. The van der Waals surface area contributed by atoms with Crippen molar-refractivity contribution >= 4 is 40.7 Å². The maximum Gasteiger partial charge on any atom is 0.338 e. The first-order chi connectivity index (χ1) is 17.9. The fraction of sp³-hybridized carbons (Fsp3) is 0.185. The fourth-order valence-electron chi connectivity index (χ4n) is 4.11. The van der Waals surface area contributed by atoms with Crippen LogP contribution in [0.2, 0.25) is 0 Å². The molecule has 1 atom stereocenters. The first kappa shape index (κ1) is 24.7. The number of methoxy groups -OCH3 is 1.